The maximum absolute atomic E-state index is 12.4. The van der Waals surface area contributed by atoms with Gasteiger partial charge in [-0.25, -0.2) is 4.98 Å². The van der Waals surface area contributed by atoms with E-state index in [1.807, 2.05) is 18.7 Å². The number of carbonyl (C=O) groups is 1. The fourth-order valence-corrected chi connectivity index (χ4v) is 2.73. The fraction of sp³-hybridized carbons (Fsp3) is 0.688. The van der Waals surface area contributed by atoms with E-state index < -0.39 is 0 Å². The number of nitrogens with one attached hydrogen (secondary N) is 1. The molecule has 0 spiro atoms. The maximum atomic E-state index is 12.4. The van der Waals surface area contributed by atoms with Gasteiger partial charge in [0, 0.05) is 32.2 Å². The molecule has 0 bridgehead atoms. The molecular formula is C16H24N6O3. The Kier molecular flexibility index (Phi) is 5.75. The van der Waals surface area contributed by atoms with Crippen LogP contribution in [0.1, 0.15) is 56.2 Å². The van der Waals surface area contributed by atoms with Crippen molar-refractivity contribution >= 4 is 5.91 Å². The first-order valence-electron chi connectivity index (χ1n) is 8.81. The highest BCUT2D eigenvalue weighted by atomic mass is 16.5. The molecule has 0 aromatic carbocycles. The number of H-pyrrole nitrogens is 1. The van der Waals surface area contributed by atoms with E-state index in [0.717, 1.165) is 18.7 Å². The average Bonchev–Trinajstić information content (AvgIpc) is 3.31. The Morgan fingerprint density at radius 3 is 2.92 bits per heavy atom. The number of aryl methyl sites for hydroxylation is 3. The number of morpholine rings is 1. The van der Waals surface area contributed by atoms with Crippen molar-refractivity contribution in [1.82, 2.24) is 30.2 Å². The number of hydrogen-bond donors (Lipinski definition) is 1. The molecule has 1 atom stereocenters. The molecule has 0 aliphatic carbocycles. The smallest absolute Gasteiger partial charge is 0.226 e. The van der Waals surface area contributed by atoms with Crippen molar-refractivity contribution in [3.63, 3.8) is 0 Å². The van der Waals surface area contributed by atoms with Crippen molar-refractivity contribution in [3.05, 3.63) is 23.4 Å². The van der Waals surface area contributed by atoms with Crippen molar-refractivity contribution in [2.24, 2.45) is 0 Å². The van der Waals surface area contributed by atoms with Crippen molar-refractivity contribution in [2.75, 3.05) is 19.7 Å². The molecule has 0 radical (unpaired) electrons. The van der Waals surface area contributed by atoms with Crippen LogP contribution < -0.4 is 0 Å². The van der Waals surface area contributed by atoms with E-state index in [1.165, 1.54) is 0 Å². The number of aromatic nitrogens is 5. The zero-order valence-corrected chi connectivity index (χ0v) is 14.7. The monoisotopic (exact) mass is 348 g/mol. The van der Waals surface area contributed by atoms with E-state index in [2.05, 4.69) is 25.3 Å². The van der Waals surface area contributed by atoms with Crippen LogP contribution in [0.2, 0.25) is 0 Å². The van der Waals surface area contributed by atoms with Crippen molar-refractivity contribution < 1.29 is 14.1 Å². The Bertz CT molecular complexity index is 698. The largest absolute Gasteiger partial charge is 0.366 e. The first-order valence-corrected chi connectivity index (χ1v) is 8.81. The van der Waals surface area contributed by atoms with Gasteiger partial charge in [0.15, 0.2) is 11.6 Å². The third-order valence-electron chi connectivity index (χ3n) is 4.20. The number of amides is 1. The van der Waals surface area contributed by atoms with Gasteiger partial charge in [0.25, 0.3) is 0 Å². The van der Waals surface area contributed by atoms with Crippen LogP contribution in [0.4, 0.5) is 0 Å². The summed E-state index contributed by atoms with van der Waals surface area (Å²) in [5.41, 5.74) is 0. The van der Waals surface area contributed by atoms with Gasteiger partial charge in [-0.05, 0) is 6.42 Å². The average molecular weight is 348 g/mol. The molecule has 2 aromatic rings. The van der Waals surface area contributed by atoms with Crippen LogP contribution in [0.3, 0.4) is 0 Å². The number of carbonyl (C=O) groups excluding carboxylic acids is 1. The highest BCUT2D eigenvalue weighted by Gasteiger charge is 2.27. The topological polar surface area (TPSA) is 110 Å². The summed E-state index contributed by atoms with van der Waals surface area (Å²) in [5.74, 6) is 2.85. The Morgan fingerprint density at radius 2 is 2.20 bits per heavy atom. The fourth-order valence-electron chi connectivity index (χ4n) is 2.73. The molecule has 1 amide bonds. The van der Waals surface area contributed by atoms with Crippen LogP contribution in [0, 0.1) is 0 Å². The van der Waals surface area contributed by atoms with Crippen LogP contribution in [-0.2, 0) is 28.8 Å². The maximum Gasteiger partial charge on any atom is 0.226 e. The van der Waals surface area contributed by atoms with Gasteiger partial charge in [-0.1, -0.05) is 19.0 Å². The lowest BCUT2D eigenvalue weighted by Gasteiger charge is -2.31. The molecule has 1 unspecified atom stereocenters. The minimum absolute atomic E-state index is 0.106. The van der Waals surface area contributed by atoms with E-state index in [1.54, 1.807) is 0 Å². The molecule has 3 rings (SSSR count). The number of aromatic amines is 1. The predicted octanol–water partition coefficient (Wildman–Crippen LogP) is 1.24. The van der Waals surface area contributed by atoms with Gasteiger partial charge in [0.05, 0.1) is 13.2 Å². The van der Waals surface area contributed by atoms with E-state index in [-0.39, 0.29) is 12.0 Å². The van der Waals surface area contributed by atoms with Gasteiger partial charge in [0.1, 0.15) is 11.9 Å². The molecule has 25 heavy (non-hydrogen) atoms. The van der Waals surface area contributed by atoms with Gasteiger partial charge in [-0.3, -0.25) is 9.89 Å². The molecule has 9 nitrogen and oxygen atoms in total. The molecule has 1 fully saturated rings. The second-order valence-electron chi connectivity index (χ2n) is 6.00. The number of nitrogens with zero attached hydrogens (tertiary/aromatic N) is 5. The number of ether oxygens (including phenoxy) is 1. The minimum atomic E-state index is -0.266. The summed E-state index contributed by atoms with van der Waals surface area (Å²) in [5, 5.41) is 10.9. The second-order valence-corrected chi connectivity index (χ2v) is 6.00. The van der Waals surface area contributed by atoms with Gasteiger partial charge in [0.2, 0.25) is 11.8 Å². The highest BCUT2D eigenvalue weighted by Crippen LogP contribution is 2.20. The SMILES string of the molecule is CCc1noc(CCCC(=O)N2CCOC(c3n[nH]c(CC)n3)C2)n1. The molecule has 3 heterocycles. The second kappa shape index (κ2) is 8.19. The minimum Gasteiger partial charge on any atom is -0.366 e. The van der Waals surface area contributed by atoms with Gasteiger partial charge in [-0.2, -0.15) is 10.1 Å². The summed E-state index contributed by atoms with van der Waals surface area (Å²) in [4.78, 5) is 22.9. The third-order valence-corrected chi connectivity index (χ3v) is 4.20. The van der Waals surface area contributed by atoms with Crippen LogP contribution in [0.25, 0.3) is 0 Å². The number of hydrogen-bond acceptors (Lipinski definition) is 7. The quantitative estimate of drug-likeness (QED) is 0.801. The summed E-state index contributed by atoms with van der Waals surface area (Å²) in [6, 6.07) is 0. The molecule has 0 saturated carbocycles. The summed E-state index contributed by atoms with van der Waals surface area (Å²) in [6.45, 7) is 5.57. The summed E-state index contributed by atoms with van der Waals surface area (Å²) >= 11 is 0. The standard InChI is InChI=1S/C16H24N6O3/c1-3-12-18-16(20-19-12)11-10-22(8-9-24-11)15(23)7-5-6-14-17-13(4-2)21-25-14/h11H,3-10H2,1-2H3,(H,18,19,20). The van der Waals surface area contributed by atoms with Crippen LogP contribution in [0.5, 0.6) is 0 Å². The summed E-state index contributed by atoms with van der Waals surface area (Å²) in [7, 11) is 0. The first-order chi connectivity index (χ1) is 12.2. The molecule has 2 aromatic heterocycles. The van der Waals surface area contributed by atoms with E-state index in [9.17, 15) is 4.79 Å². The van der Waals surface area contributed by atoms with E-state index in [4.69, 9.17) is 9.26 Å². The molecular weight excluding hydrogens is 324 g/mol. The van der Waals surface area contributed by atoms with E-state index in [0.29, 0.717) is 56.5 Å². The normalized spacial score (nSPS) is 17.8. The van der Waals surface area contributed by atoms with Crippen molar-refractivity contribution in [1.29, 1.82) is 0 Å². The summed E-state index contributed by atoms with van der Waals surface area (Å²) < 4.78 is 10.9. The third kappa shape index (κ3) is 4.41. The van der Waals surface area contributed by atoms with Crippen LogP contribution >= 0.6 is 0 Å². The molecule has 136 valence electrons. The summed E-state index contributed by atoms with van der Waals surface area (Å²) in [6.07, 6.45) is 3.03. The zero-order valence-electron chi connectivity index (χ0n) is 14.7. The Balaban J connectivity index is 1.48. The van der Waals surface area contributed by atoms with Crippen LogP contribution in [-0.4, -0.2) is 55.8 Å². The number of rotatable bonds is 7. The molecule has 1 saturated heterocycles. The Morgan fingerprint density at radius 1 is 1.32 bits per heavy atom. The lowest BCUT2D eigenvalue weighted by molar-refractivity contribution is -0.139. The predicted molar refractivity (Wildman–Crippen MR) is 87.6 cm³/mol. The molecule has 1 N–H and O–H groups in total. The zero-order chi connectivity index (χ0) is 17.6. The molecule has 1 aliphatic heterocycles. The highest BCUT2D eigenvalue weighted by molar-refractivity contribution is 5.76. The van der Waals surface area contributed by atoms with Crippen LogP contribution in [0.15, 0.2) is 4.52 Å². The van der Waals surface area contributed by atoms with Crippen molar-refractivity contribution in [2.45, 2.75) is 52.1 Å². The lowest BCUT2D eigenvalue weighted by atomic mass is 10.2. The molecule has 1 aliphatic rings. The lowest BCUT2D eigenvalue weighted by Crippen LogP contribution is -2.42. The van der Waals surface area contributed by atoms with Gasteiger partial charge >= 0.3 is 0 Å². The Hall–Kier alpha value is -2.29. The van der Waals surface area contributed by atoms with Crippen molar-refractivity contribution in [3.8, 4) is 0 Å². The Labute approximate surface area is 146 Å². The first kappa shape index (κ1) is 17.5. The molecule has 9 heteroatoms. The van der Waals surface area contributed by atoms with Gasteiger partial charge in [-0.15, -0.1) is 0 Å². The van der Waals surface area contributed by atoms with E-state index >= 15 is 0 Å². The van der Waals surface area contributed by atoms with Gasteiger partial charge < -0.3 is 14.2 Å².